The van der Waals surface area contributed by atoms with Gasteiger partial charge in [-0.3, -0.25) is 9.78 Å². The second-order valence-electron chi connectivity index (χ2n) is 13.9. The molecule has 0 saturated heterocycles. The monoisotopic (exact) mass is 734 g/mol. The van der Waals surface area contributed by atoms with Crippen LogP contribution in [0.2, 0.25) is 0 Å². The molecule has 3 N–H and O–H groups in total. The van der Waals surface area contributed by atoms with Gasteiger partial charge in [-0.25, -0.2) is 9.97 Å². The lowest BCUT2D eigenvalue weighted by molar-refractivity contribution is 0.102. The Balaban J connectivity index is 1.27. The summed E-state index contributed by atoms with van der Waals surface area (Å²) in [6, 6.07) is 51.1. The number of aromatic amines is 2. The molecule has 0 unspecified atom stereocenters. The van der Waals surface area contributed by atoms with E-state index in [0.29, 0.717) is 11.3 Å². The van der Waals surface area contributed by atoms with Crippen LogP contribution in [0.25, 0.3) is 90.9 Å². The number of carbonyl (C=O) groups excluding carboxylic acids is 1. The minimum atomic E-state index is -0.220. The second-order valence-corrected chi connectivity index (χ2v) is 13.9. The van der Waals surface area contributed by atoms with Gasteiger partial charge >= 0.3 is 0 Å². The van der Waals surface area contributed by atoms with Gasteiger partial charge in [-0.15, -0.1) is 0 Å². The molecule has 4 aromatic carbocycles. The molecule has 2 aliphatic heterocycles. The van der Waals surface area contributed by atoms with Gasteiger partial charge in [-0.2, -0.15) is 0 Å². The highest BCUT2D eigenvalue weighted by Crippen LogP contribution is 2.38. The maximum atomic E-state index is 13.0. The maximum Gasteiger partial charge on any atom is 0.257 e. The van der Waals surface area contributed by atoms with Crippen LogP contribution in [0.1, 0.15) is 33.1 Å². The van der Waals surface area contributed by atoms with Gasteiger partial charge in [0.2, 0.25) is 0 Å². The molecule has 0 saturated carbocycles. The molecule has 0 spiro atoms. The number of rotatable bonds is 6. The summed E-state index contributed by atoms with van der Waals surface area (Å²) in [5.74, 6) is -0.220. The van der Waals surface area contributed by atoms with E-state index in [4.69, 9.17) is 9.97 Å². The van der Waals surface area contributed by atoms with Crippen LogP contribution in [0, 0.1) is 0 Å². The minimum absolute atomic E-state index is 0.220. The Kier molecular flexibility index (Phi) is 8.50. The van der Waals surface area contributed by atoms with Crippen LogP contribution in [0.15, 0.2) is 164 Å². The van der Waals surface area contributed by atoms with E-state index in [1.165, 1.54) is 0 Å². The average molecular weight is 735 g/mol. The van der Waals surface area contributed by atoms with E-state index in [-0.39, 0.29) is 5.91 Å². The first-order valence-electron chi connectivity index (χ1n) is 18.8. The van der Waals surface area contributed by atoms with Crippen molar-refractivity contribution in [2.45, 2.75) is 0 Å². The maximum absolute atomic E-state index is 13.0. The van der Waals surface area contributed by atoms with Gasteiger partial charge in [0.15, 0.2) is 0 Å². The molecule has 4 aromatic heterocycles. The predicted octanol–water partition coefficient (Wildman–Crippen LogP) is 12.0. The number of hydrogen-bond acceptors (Lipinski definition) is 4. The molecule has 10 rings (SSSR count). The molecular weight excluding hydrogens is 701 g/mol. The highest BCUT2D eigenvalue weighted by atomic mass is 16.1. The number of fused-ring (bicyclic) bond motifs is 8. The van der Waals surface area contributed by atoms with E-state index in [0.717, 1.165) is 89.4 Å². The summed E-state index contributed by atoms with van der Waals surface area (Å²) in [5.41, 5.74) is 16.3. The minimum Gasteiger partial charge on any atom is -0.354 e. The smallest absolute Gasteiger partial charge is 0.257 e. The molecule has 0 atom stereocenters. The van der Waals surface area contributed by atoms with E-state index in [9.17, 15) is 4.79 Å². The third kappa shape index (κ3) is 6.43. The quantitative estimate of drug-likeness (QED) is 0.158. The molecule has 1 amide bonds. The van der Waals surface area contributed by atoms with E-state index in [2.05, 4.69) is 142 Å². The van der Waals surface area contributed by atoms with Crippen LogP contribution in [0.4, 0.5) is 5.69 Å². The second kappa shape index (κ2) is 14.4. The number of benzene rings is 4. The lowest BCUT2D eigenvalue weighted by atomic mass is 10.0. The van der Waals surface area contributed by atoms with Crippen LogP contribution >= 0.6 is 0 Å². The highest BCUT2D eigenvalue weighted by Gasteiger charge is 2.19. The number of aromatic nitrogens is 5. The Morgan fingerprint density at radius 1 is 0.421 bits per heavy atom. The molecule has 8 aromatic rings. The largest absolute Gasteiger partial charge is 0.354 e. The fraction of sp³-hybridized carbons (Fsp3) is 0. The van der Waals surface area contributed by atoms with Crippen LogP contribution in [0.3, 0.4) is 0 Å². The van der Waals surface area contributed by atoms with Crippen molar-refractivity contribution in [1.29, 1.82) is 0 Å². The molecule has 8 bridgehead atoms. The summed E-state index contributed by atoms with van der Waals surface area (Å²) in [7, 11) is 0. The van der Waals surface area contributed by atoms with Gasteiger partial charge < -0.3 is 15.3 Å². The number of amides is 1. The van der Waals surface area contributed by atoms with Crippen LogP contribution in [-0.4, -0.2) is 30.8 Å². The van der Waals surface area contributed by atoms with E-state index in [1.807, 2.05) is 42.5 Å². The Bertz CT molecular complexity index is 2980. The van der Waals surface area contributed by atoms with Gasteiger partial charge in [0.05, 0.1) is 28.3 Å². The SMILES string of the molecule is O=C(Nc1ccc(-c2c3nc(c(-c4ccccc4)c4ccc([nH]4)c(-c4ccccc4)c4nc(c(-c5ccccc5)c5ccc2[nH]5)C=C4)C=C3)cc1)c1cccnc1. The number of nitrogens with zero attached hydrogens (tertiary/aromatic N) is 3. The number of H-pyrrole nitrogens is 2. The highest BCUT2D eigenvalue weighted by molar-refractivity contribution is 6.04. The third-order valence-corrected chi connectivity index (χ3v) is 10.3. The molecule has 7 nitrogen and oxygen atoms in total. The first-order chi connectivity index (χ1) is 28.2. The van der Waals surface area contributed by atoms with Crippen LogP contribution < -0.4 is 5.32 Å². The van der Waals surface area contributed by atoms with Gasteiger partial charge in [0.25, 0.3) is 5.91 Å². The molecule has 0 fully saturated rings. The van der Waals surface area contributed by atoms with E-state index in [1.54, 1.807) is 24.5 Å². The van der Waals surface area contributed by atoms with Gasteiger partial charge in [-0.05, 0) is 95.1 Å². The van der Waals surface area contributed by atoms with E-state index >= 15 is 0 Å². The molecule has 0 radical (unpaired) electrons. The summed E-state index contributed by atoms with van der Waals surface area (Å²) < 4.78 is 0. The Labute approximate surface area is 328 Å². The topological polar surface area (TPSA) is 99.4 Å². The van der Waals surface area contributed by atoms with Crippen molar-refractivity contribution in [3.8, 4) is 44.5 Å². The molecule has 0 aliphatic carbocycles. The number of pyridine rings is 1. The fourth-order valence-electron chi connectivity index (χ4n) is 7.66. The van der Waals surface area contributed by atoms with Crippen molar-refractivity contribution in [3.63, 3.8) is 0 Å². The Hall–Kier alpha value is -7.90. The number of anilines is 1. The van der Waals surface area contributed by atoms with Crippen molar-refractivity contribution in [2.75, 3.05) is 5.32 Å². The summed E-state index contributed by atoms with van der Waals surface area (Å²) >= 11 is 0. The zero-order chi connectivity index (χ0) is 38.1. The van der Waals surface area contributed by atoms with Crippen LogP contribution in [0.5, 0.6) is 0 Å². The summed E-state index contributed by atoms with van der Waals surface area (Å²) in [6.45, 7) is 0. The zero-order valence-electron chi connectivity index (χ0n) is 30.6. The lowest BCUT2D eigenvalue weighted by Crippen LogP contribution is -2.11. The van der Waals surface area contributed by atoms with Crippen molar-refractivity contribution >= 4 is 58.0 Å². The standard InChI is InChI=1S/C50H34N6O/c57-50(36-17-10-30-51-31-36)52-37-20-18-35(19-21-37)49-44-28-26-42(55-44)47(33-13-6-2-7-14-33)40-24-22-38(53-40)46(32-11-4-1-5-12-32)39-23-25-41(54-39)48(34-15-8-3-9-16-34)43-27-29-45(49)56-43/h1-31,53,56H,(H,52,57). The van der Waals surface area contributed by atoms with Crippen LogP contribution in [-0.2, 0) is 0 Å². The predicted molar refractivity (Wildman–Crippen MR) is 233 cm³/mol. The zero-order valence-corrected chi connectivity index (χ0v) is 30.6. The van der Waals surface area contributed by atoms with Crippen molar-refractivity contribution < 1.29 is 4.79 Å². The van der Waals surface area contributed by atoms with Gasteiger partial charge in [-0.1, -0.05) is 103 Å². The van der Waals surface area contributed by atoms with E-state index < -0.39 is 0 Å². The first-order valence-corrected chi connectivity index (χ1v) is 18.8. The average Bonchev–Trinajstić information content (AvgIpc) is 4.11. The molecule has 6 heterocycles. The van der Waals surface area contributed by atoms with Gasteiger partial charge in [0.1, 0.15) is 0 Å². The number of carbonyl (C=O) groups is 1. The molecule has 7 heteroatoms. The summed E-state index contributed by atoms with van der Waals surface area (Å²) in [6.07, 6.45) is 11.6. The molecule has 2 aliphatic rings. The Morgan fingerprint density at radius 2 is 0.807 bits per heavy atom. The normalized spacial score (nSPS) is 11.8. The summed E-state index contributed by atoms with van der Waals surface area (Å²) in [4.78, 5) is 35.4. The third-order valence-electron chi connectivity index (χ3n) is 10.3. The first kappa shape index (κ1) is 33.7. The molecular formula is C50H34N6O. The van der Waals surface area contributed by atoms with Crippen molar-refractivity contribution in [3.05, 3.63) is 192 Å². The Morgan fingerprint density at radius 3 is 1.18 bits per heavy atom. The molecule has 270 valence electrons. The van der Waals surface area contributed by atoms with Crippen molar-refractivity contribution in [1.82, 2.24) is 24.9 Å². The lowest BCUT2D eigenvalue weighted by Gasteiger charge is -2.08. The van der Waals surface area contributed by atoms with Crippen molar-refractivity contribution in [2.24, 2.45) is 0 Å². The summed E-state index contributed by atoms with van der Waals surface area (Å²) in [5, 5.41) is 3.00. The number of nitrogens with one attached hydrogen (secondary N) is 3. The molecule has 57 heavy (non-hydrogen) atoms. The number of hydrogen-bond donors (Lipinski definition) is 3. The van der Waals surface area contributed by atoms with Gasteiger partial charge in [0, 0.05) is 62.4 Å². The fourth-order valence-corrected chi connectivity index (χ4v) is 7.66.